The van der Waals surface area contributed by atoms with E-state index in [9.17, 15) is 0 Å². The topological polar surface area (TPSA) is 52.0 Å². The van der Waals surface area contributed by atoms with Gasteiger partial charge in [0.2, 0.25) is 0 Å². The van der Waals surface area contributed by atoms with Crippen LogP contribution in [0, 0.1) is 0 Å². The van der Waals surface area contributed by atoms with Crippen molar-refractivity contribution in [2.45, 2.75) is 6.54 Å². The van der Waals surface area contributed by atoms with E-state index in [1.807, 2.05) is 6.07 Å². The third-order valence-electron chi connectivity index (χ3n) is 2.49. The molecule has 2 rings (SSSR count). The molecule has 0 fully saturated rings. The summed E-state index contributed by atoms with van der Waals surface area (Å²) in [7, 11) is 1.70. The van der Waals surface area contributed by atoms with Crippen molar-refractivity contribution < 1.29 is 4.74 Å². The molecule has 1 aromatic carbocycles. The van der Waals surface area contributed by atoms with Crippen molar-refractivity contribution in [2.75, 3.05) is 20.3 Å². The van der Waals surface area contributed by atoms with E-state index in [1.54, 1.807) is 18.1 Å². The predicted octanol–water partition coefficient (Wildman–Crippen LogP) is 1.77. The zero-order chi connectivity index (χ0) is 12.8. The average Bonchev–Trinajstić information content (AvgIpc) is 2.88. The lowest BCUT2D eigenvalue weighted by Gasteiger charge is -2.08. The Balaban J connectivity index is 2.01. The molecule has 96 valence electrons. The van der Waals surface area contributed by atoms with Crippen molar-refractivity contribution in [2.24, 2.45) is 0 Å². The van der Waals surface area contributed by atoms with E-state index in [1.165, 1.54) is 11.9 Å². The Morgan fingerprint density at radius 3 is 3.00 bits per heavy atom. The zero-order valence-corrected chi connectivity index (χ0v) is 11.7. The summed E-state index contributed by atoms with van der Waals surface area (Å²) in [6.45, 7) is 2.39. The third kappa shape index (κ3) is 3.38. The molecule has 0 saturated carbocycles. The van der Waals surface area contributed by atoms with Crippen molar-refractivity contribution in [1.82, 2.24) is 20.1 Å². The predicted molar refractivity (Wildman–Crippen MR) is 72.6 cm³/mol. The highest BCUT2D eigenvalue weighted by Crippen LogP contribution is 2.21. The molecule has 0 aliphatic rings. The molecule has 1 N–H and O–H groups in total. The Labute approximate surface area is 114 Å². The quantitative estimate of drug-likeness (QED) is 0.826. The molecule has 0 radical (unpaired) electrons. The smallest absolute Gasteiger partial charge is 0.138 e. The van der Waals surface area contributed by atoms with Gasteiger partial charge in [0.25, 0.3) is 0 Å². The average molecular weight is 311 g/mol. The van der Waals surface area contributed by atoms with Gasteiger partial charge in [0.1, 0.15) is 12.7 Å². The lowest BCUT2D eigenvalue weighted by atomic mass is 10.2. The number of methoxy groups -OCH3 is 1. The van der Waals surface area contributed by atoms with E-state index in [0.717, 1.165) is 29.9 Å². The lowest BCUT2D eigenvalue weighted by molar-refractivity contribution is 0.199. The van der Waals surface area contributed by atoms with E-state index in [0.29, 0.717) is 0 Å². The summed E-state index contributed by atoms with van der Waals surface area (Å²) >= 11 is 3.55. The monoisotopic (exact) mass is 310 g/mol. The van der Waals surface area contributed by atoms with Crippen LogP contribution in [0.3, 0.4) is 0 Å². The molecule has 0 spiro atoms. The molecule has 2 aromatic rings. The minimum absolute atomic E-state index is 0.720. The van der Waals surface area contributed by atoms with E-state index in [2.05, 4.69) is 43.5 Å². The number of nitrogens with zero attached hydrogens (tertiary/aromatic N) is 3. The fourth-order valence-corrected chi connectivity index (χ4v) is 2.19. The van der Waals surface area contributed by atoms with Gasteiger partial charge in [-0.15, -0.1) is 0 Å². The van der Waals surface area contributed by atoms with Crippen LogP contribution in [0.4, 0.5) is 0 Å². The van der Waals surface area contributed by atoms with Gasteiger partial charge in [-0.2, -0.15) is 5.10 Å². The Morgan fingerprint density at radius 1 is 1.44 bits per heavy atom. The number of benzene rings is 1. The first-order valence-corrected chi connectivity index (χ1v) is 6.43. The van der Waals surface area contributed by atoms with Gasteiger partial charge in [-0.3, -0.25) is 0 Å². The minimum Gasteiger partial charge on any atom is -0.383 e. The lowest BCUT2D eigenvalue weighted by Crippen LogP contribution is -2.18. The molecule has 0 unspecified atom stereocenters. The van der Waals surface area contributed by atoms with Crippen molar-refractivity contribution in [3.05, 3.63) is 40.9 Å². The summed E-state index contributed by atoms with van der Waals surface area (Å²) < 4.78 is 7.71. The highest BCUT2D eigenvalue weighted by atomic mass is 79.9. The van der Waals surface area contributed by atoms with E-state index in [4.69, 9.17) is 4.74 Å². The molecule has 0 aliphatic carbocycles. The minimum atomic E-state index is 0.720. The van der Waals surface area contributed by atoms with Crippen LogP contribution in [0.25, 0.3) is 5.69 Å². The number of nitrogens with one attached hydrogen (secondary N) is 1. The van der Waals surface area contributed by atoms with Crippen LogP contribution in [0.2, 0.25) is 0 Å². The van der Waals surface area contributed by atoms with Crippen molar-refractivity contribution in [3.63, 3.8) is 0 Å². The van der Waals surface area contributed by atoms with Gasteiger partial charge in [0.15, 0.2) is 0 Å². The van der Waals surface area contributed by atoms with E-state index in [-0.39, 0.29) is 0 Å². The maximum atomic E-state index is 4.98. The Kier molecular flexibility index (Phi) is 4.86. The van der Waals surface area contributed by atoms with Gasteiger partial charge < -0.3 is 10.1 Å². The van der Waals surface area contributed by atoms with Crippen molar-refractivity contribution in [3.8, 4) is 5.69 Å². The first-order chi connectivity index (χ1) is 8.81. The fourth-order valence-electron chi connectivity index (χ4n) is 1.59. The Bertz CT molecular complexity index is 487. The van der Waals surface area contributed by atoms with Crippen LogP contribution in [0.15, 0.2) is 35.3 Å². The van der Waals surface area contributed by atoms with Gasteiger partial charge in [0.05, 0.1) is 12.3 Å². The fraction of sp³-hybridized carbons (Fsp3) is 0.333. The maximum absolute atomic E-state index is 4.98. The van der Waals surface area contributed by atoms with Gasteiger partial charge in [0, 0.05) is 24.7 Å². The standard InChI is InChI=1S/C12H15BrN4O/c1-18-5-4-14-7-10-2-3-12(11(13)6-10)17-9-15-8-16-17/h2-3,6,8-9,14H,4-5,7H2,1H3. The second-order valence-electron chi connectivity index (χ2n) is 3.80. The van der Waals surface area contributed by atoms with Crippen molar-refractivity contribution >= 4 is 15.9 Å². The Morgan fingerprint density at radius 2 is 2.33 bits per heavy atom. The van der Waals surface area contributed by atoms with Crippen LogP contribution in [-0.2, 0) is 11.3 Å². The summed E-state index contributed by atoms with van der Waals surface area (Å²) in [6, 6.07) is 6.17. The van der Waals surface area contributed by atoms with Crippen LogP contribution >= 0.6 is 15.9 Å². The summed E-state index contributed by atoms with van der Waals surface area (Å²) in [5.74, 6) is 0. The number of rotatable bonds is 6. The van der Waals surface area contributed by atoms with Crippen LogP contribution < -0.4 is 5.32 Å². The van der Waals surface area contributed by atoms with Crippen LogP contribution in [0.1, 0.15) is 5.56 Å². The largest absolute Gasteiger partial charge is 0.383 e. The maximum Gasteiger partial charge on any atom is 0.138 e. The first-order valence-electron chi connectivity index (χ1n) is 5.64. The van der Waals surface area contributed by atoms with Gasteiger partial charge in [-0.05, 0) is 33.6 Å². The molecule has 0 atom stereocenters. The van der Waals surface area contributed by atoms with Crippen LogP contribution in [-0.4, -0.2) is 35.0 Å². The Hall–Kier alpha value is -1.24. The summed E-state index contributed by atoms with van der Waals surface area (Å²) in [5.41, 5.74) is 2.19. The summed E-state index contributed by atoms with van der Waals surface area (Å²) in [4.78, 5) is 3.94. The molecule has 1 heterocycles. The highest BCUT2D eigenvalue weighted by Gasteiger charge is 2.04. The number of aromatic nitrogens is 3. The normalized spacial score (nSPS) is 10.8. The number of hydrogen-bond donors (Lipinski definition) is 1. The van der Waals surface area contributed by atoms with Gasteiger partial charge in [-0.1, -0.05) is 6.07 Å². The van der Waals surface area contributed by atoms with Gasteiger partial charge in [-0.25, -0.2) is 9.67 Å². The molecule has 18 heavy (non-hydrogen) atoms. The first kappa shape index (κ1) is 13.2. The zero-order valence-electron chi connectivity index (χ0n) is 10.1. The second-order valence-corrected chi connectivity index (χ2v) is 4.65. The number of hydrogen-bond acceptors (Lipinski definition) is 4. The highest BCUT2D eigenvalue weighted by molar-refractivity contribution is 9.10. The second kappa shape index (κ2) is 6.63. The number of halogens is 1. The van der Waals surface area contributed by atoms with Crippen LogP contribution in [0.5, 0.6) is 0 Å². The van der Waals surface area contributed by atoms with E-state index >= 15 is 0 Å². The van der Waals surface area contributed by atoms with E-state index < -0.39 is 0 Å². The summed E-state index contributed by atoms with van der Waals surface area (Å²) in [5, 5.41) is 7.41. The third-order valence-corrected chi connectivity index (χ3v) is 3.12. The molecule has 5 nitrogen and oxygen atoms in total. The molecule has 0 amide bonds. The summed E-state index contributed by atoms with van der Waals surface area (Å²) in [6.07, 6.45) is 3.20. The molecule has 1 aromatic heterocycles. The molecule has 0 saturated heterocycles. The molecule has 0 bridgehead atoms. The van der Waals surface area contributed by atoms with Gasteiger partial charge >= 0.3 is 0 Å². The number of ether oxygens (including phenoxy) is 1. The SMILES string of the molecule is COCCNCc1ccc(-n2cncn2)c(Br)c1. The molecule has 0 aliphatic heterocycles. The molecular formula is C12H15BrN4O. The molecular weight excluding hydrogens is 296 g/mol. The van der Waals surface area contributed by atoms with Crippen molar-refractivity contribution in [1.29, 1.82) is 0 Å². The molecule has 6 heteroatoms.